The van der Waals surface area contributed by atoms with Crippen molar-refractivity contribution in [3.05, 3.63) is 41.9 Å². The number of benzene rings is 1. The van der Waals surface area contributed by atoms with Crippen molar-refractivity contribution in [1.82, 2.24) is 19.8 Å². The van der Waals surface area contributed by atoms with Gasteiger partial charge in [0.15, 0.2) is 12.0 Å². The minimum absolute atomic E-state index is 0.00958. The molecule has 0 spiro atoms. The molecule has 0 amide bonds. The molecule has 4 atom stereocenters. The van der Waals surface area contributed by atoms with Crippen LogP contribution in [-0.4, -0.2) is 81.0 Å². The lowest BCUT2D eigenvalue weighted by atomic mass is 10.1. The van der Waals surface area contributed by atoms with Gasteiger partial charge in [0.2, 0.25) is 0 Å². The molecule has 2 unspecified atom stereocenters. The first-order chi connectivity index (χ1) is 17.5. The van der Waals surface area contributed by atoms with Gasteiger partial charge in [0.25, 0.3) is 0 Å². The highest BCUT2D eigenvalue weighted by Gasteiger charge is 2.32. The average molecular weight is 502 g/mol. The lowest BCUT2D eigenvalue weighted by molar-refractivity contribution is -0.143. The highest BCUT2D eigenvalue weighted by atomic mass is 16.5. The van der Waals surface area contributed by atoms with E-state index in [0.717, 1.165) is 37.7 Å². The van der Waals surface area contributed by atoms with Crippen LogP contribution in [0.3, 0.4) is 0 Å². The summed E-state index contributed by atoms with van der Waals surface area (Å²) in [5.74, 6) is 0.462. The van der Waals surface area contributed by atoms with E-state index in [4.69, 9.17) is 9.47 Å². The molecule has 0 aliphatic carbocycles. The zero-order valence-corrected chi connectivity index (χ0v) is 20.5. The van der Waals surface area contributed by atoms with Crippen LogP contribution in [0, 0.1) is 0 Å². The number of fused-ring (bicyclic) bond motifs is 1. The molecule has 2 aliphatic rings. The number of unbranched alkanes of at least 4 members (excludes halogenated alkanes) is 2. The molecule has 1 aromatic carbocycles. The quantitative estimate of drug-likeness (QED) is 0.253. The van der Waals surface area contributed by atoms with Crippen molar-refractivity contribution >= 4 is 18.1 Å². The summed E-state index contributed by atoms with van der Waals surface area (Å²) in [6, 6.07) is 6.33. The van der Waals surface area contributed by atoms with E-state index >= 15 is 0 Å². The SMILES string of the molecule is COC(=O)C(Cc1ccc(O)cc1)NCCCCCN1C=Nc2c(ncn2[C@H]2CC[C@@H](CO)O2)C1O. The second-order valence-electron chi connectivity index (χ2n) is 9.15. The molecule has 36 heavy (non-hydrogen) atoms. The molecular weight excluding hydrogens is 466 g/mol. The molecule has 0 radical (unpaired) electrons. The predicted molar refractivity (Wildman–Crippen MR) is 132 cm³/mol. The van der Waals surface area contributed by atoms with Crippen molar-refractivity contribution in [3.8, 4) is 5.75 Å². The van der Waals surface area contributed by atoms with Crippen LogP contribution in [0.1, 0.15) is 55.8 Å². The van der Waals surface area contributed by atoms with E-state index in [1.807, 2.05) is 4.57 Å². The van der Waals surface area contributed by atoms with Crippen LogP contribution < -0.4 is 5.32 Å². The summed E-state index contributed by atoms with van der Waals surface area (Å²) < 4.78 is 12.6. The first-order valence-electron chi connectivity index (χ1n) is 12.4. The molecule has 0 bridgehead atoms. The van der Waals surface area contributed by atoms with Crippen molar-refractivity contribution in [2.75, 3.05) is 26.8 Å². The smallest absolute Gasteiger partial charge is 0.323 e. The van der Waals surface area contributed by atoms with Crippen molar-refractivity contribution < 1.29 is 29.6 Å². The Bertz CT molecular complexity index is 1030. The van der Waals surface area contributed by atoms with Gasteiger partial charge in [-0.2, -0.15) is 0 Å². The molecule has 0 saturated carbocycles. The summed E-state index contributed by atoms with van der Waals surface area (Å²) in [4.78, 5) is 22.8. The third-order valence-corrected chi connectivity index (χ3v) is 6.63. The number of aliphatic hydroxyl groups excluding tert-OH is 2. The molecule has 1 aromatic heterocycles. The number of aliphatic hydroxyl groups is 2. The van der Waals surface area contributed by atoms with Gasteiger partial charge in [-0.25, -0.2) is 9.98 Å². The van der Waals surface area contributed by atoms with Crippen molar-refractivity contribution in [3.63, 3.8) is 0 Å². The van der Waals surface area contributed by atoms with Crippen LogP contribution in [0.4, 0.5) is 5.82 Å². The van der Waals surface area contributed by atoms with E-state index < -0.39 is 12.3 Å². The molecule has 1 fully saturated rings. The zero-order valence-electron chi connectivity index (χ0n) is 20.5. The van der Waals surface area contributed by atoms with E-state index in [1.54, 1.807) is 41.8 Å². The predicted octanol–water partition coefficient (Wildman–Crippen LogP) is 1.77. The van der Waals surface area contributed by atoms with Crippen LogP contribution >= 0.6 is 0 Å². The zero-order chi connectivity index (χ0) is 25.5. The van der Waals surface area contributed by atoms with Crippen LogP contribution in [0.25, 0.3) is 0 Å². The van der Waals surface area contributed by atoms with Crippen molar-refractivity contribution in [2.45, 2.75) is 63.1 Å². The van der Waals surface area contributed by atoms with Crippen LogP contribution in [0.5, 0.6) is 5.75 Å². The number of rotatable bonds is 12. The number of aliphatic imine (C=N–C) groups is 1. The van der Waals surface area contributed by atoms with Crippen LogP contribution in [0.2, 0.25) is 0 Å². The number of carbonyl (C=O) groups excluding carboxylic acids is 1. The largest absolute Gasteiger partial charge is 0.508 e. The molecule has 3 heterocycles. The Hall–Kier alpha value is -2.99. The van der Waals surface area contributed by atoms with Gasteiger partial charge < -0.3 is 35.0 Å². The highest BCUT2D eigenvalue weighted by Crippen LogP contribution is 2.37. The minimum Gasteiger partial charge on any atom is -0.508 e. The molecular formula is C25H35N5O6. The number of hydrogen-bond acceptors (Lipinski definition) is 10. The van der Waals surface area contributed by atoms with E-state index in [2.05, 4.69) is 15.3 Å². The number of aromatic nitrogens is 2. The first kappa shape index (κ1) is 26.1. The molecule has 11 nitrogen and oxygen atoms in total. The number of carbonyl (C=O) groups is 1. The first-order valence-corrected chi connectivity index (χ1v) is 12.4. The number of phenols is 1. The summed E-state index contributed by atoms with van der Waals surface area (Å²) in [7, 11) is 1.38. The Morgan fingerprint density at radius 1 is 1.25 bits per heavy atom. The monoisotopic (exact) mass is 501 g/mol. The van der Waals surface area contributed by atoms with Gasteiger partial charge in [0, 0.05) is 6.54 Å². The summed E-state index contributed by atoms with van der Waals surface area (Å²) >= 11 is 0. The number of phenolic OH excluding ortho intramolecular Hbond substituents is 1. The number of nitrogens with one attached hydrogen (secondary N) is 1. The van der Waals surface area contributed by atoms with Crippen LogP contribution in [-0.2, 0) is 20.7 Å². The van der Waals surface area contributed by atoms with Crippen LogP contribution in [0.15, 0.2) is 35.6 Å². The summed E-state index contributed by atoms with van der Waals surface area (Å²) in [5.41, 5.74) is 1.44. The molecule has 4 N–H and O–H groups in total. The highest BCUT2D eigenvalue weighted by molar-refractivity contribution is 5.76. The second-order valence-corrected chi connectivity index (χ2v) is 9.15. The van der Waals surface area contributed by atoms with E-state index in [-0.39, 0.29) is 30.7 Å². The van der Waals surface area contributed by atoms with E-state index in [9.17, 15) is 20.1 Å². The van der Waals surface area contributed by atoms with Gasteiger partial charge in [-0.15, -0.1) is 0 Å². The number of ether oxygens (including phenoxy) is 2. The molecule has 196 valence electrons. The minimum atomic E-state index is -0.874. The van der Waals surface area contributed by atoms with Gasteiger partial charge in [-0.1, -0.05) is 18.6 Å². The average Bonchev–Trinajstić information content (AvgIpc) is 3.54. The Morgan fingerprint density at radius 3 is 2.78 bits per heavy atom. The van der Waals surface area contributed by atoms with Gasteiger partial charge in [0.05, 0.1) is 32.5 Å². The molecule has 2 aliphatic heterocycles. The molecule has 1 saturated heterocycles. The number of methoxy groups -OCH3 is 1. The molecule has 11 heteroatoms. The standard InChI is InChI=1S/C25H35N5O6/c1-35-25(34)20(13-17-5-7-18(32)8-6-17)26-11-3-2-4-12-29-15-28-23-22(24(29)33)27-16-30(23)21-10-9-19(14-31)36-21/h5-8,15-16,19-21,24,26,31-33H,2-4,9-14H2,1H3/t19-,20?,21+,24?/m0/s1. The molecule has 4 rings (SSSR count). The lowest BCUT2D eigenvalue weighted by Gasteiger charge is -2.28. The fraction of sp³-hybridized carbons (Fsp3) is 0.560. The maximum Gasteiger partial charge on any atom is 0.323 e. The Balaban J connectivity index is 1.20. The number of hydrogen-bond donors (Lipinski definition) is 4. The summed E-state index contributed by atoms with van der Waals surface area (Å²) in [6.07, 6.45) is 6.62. The fourth-order valence-corrected chi connectivity index (χ4v) is 4.57. The fourth-order valence-electron chi connectivity index (χ4n) is 4.57. The summed E-state index contributed by atoms with van der Waals surface area (Å²) in [6.45, 7) is 1.26. The van der Waals surface area contributed by atoms with E-state index in [1.165, 1.54) is 7.11 Å². The third kappa shape index (κ3) is 6.22. The summed E-state index contributed by atoms with van der Waals surface area (Å²) in [5, 5.41) is 32.8. The van der Waals surface area contributed by atoms with Gasteiger partial charge in [-0.05, 0) is 56.3 Å². The topological polar surface area (TPSA) is 142 Å². The maximum absolute atomic E-state index is 12.2. The number of nitrogens with zero attached hydrogens (tertiary/aromatic N) is 4. The Kier molecular flexibility index (Phi) is 8.92. The number of aromatic hydroxyl groups is 1. The number of imidazole rings is 1. The third-order valence-electron chi connectivity index (χ3n) is 6.63. The van der Waals surface area contributed by atoms with Gasteiger partial charge in [-0.3, -0.25) is 9.36 Å². The Morgan fingerprint density at radius 2 is 2.06 bits per heavy atom. The Labute approximate surface area is 210 Å². The molecule has 2 aromatic rings. The second kappa shape index (κ2) is 12.3. The van der Waals surface area contributed by atoms with Crippen molar-refractivity contribution in [2.24, 2.45) is 4.99 Å². The number of esters is 1. The lowest BCUT2D eigenvalue weighted by Crippen LogP contribution is -2.40. The van der Waals surface area contributed by atoms with E-state index in [0.29, 0.717) is 31.0 Å². The van der Waals surface area contributed by atoms with Gasteiger partial charge >= 0.3 is 5.97 Å². The van der Waals surface area contributed by atoms with Gasteiger partial charge in [0.1, 0.15) is 23.7 Å². The maximum atomic E-state index is 12.2. The van der Waals surface area contributed by atoms with Crippen molar-refractivity contribution in [1.29, 1.82) is 0 Å². The normalized spacial score (nSPS) is 22.0.